The molecule has 1 fully saturated rings. The number of hydrogen-bond acceptors (Lipinski definition) is 2. The average molecular weight is 298 g/mol. The van der Waals surface area contributed by atoms with E-state index < -0.39 is 0 Å². The van der Waals surface area contributed by atoms with Crippen molar-refractivity contribution in [3.8, 4) is 0 Å². The molecular weight excluding hydrogens is 278 g/mol. The van der Waals surface area contributed by atoms with Crippen LogP contribution in [0.3, 0.4) is 0 Å². The average Bonchev–Trinajstić information content (AvgIpc) is 2.94. The molecule has 0 radical (unpaired) electrons. The zero-order chi connectivity index (χ0) is 13.7. The lowest BCUT2D eigenvalue weighted by molar-refractivity contribution is -0.131. The summed E-state index contributed by atoms with van der Waals surface area (Å²) in [5.74, 6) is 1.10. The van der Waals surface area contributed by atoms with E-state index in [1.807, 2.05) is 36.2 Å². The van der Waals surface area contributed by atoms with E-state index in [-0.39, 0.29) is 5.91 Å². The second-order valence-corrected chi connectivity index (χ2v) is 6.60. The highest BCUT2D eigenvalue weighted by atomic mass is 35.5. The highest BCUT2D eigenvalue weighted by Crippen LogP contribution is 2.24. The van der Waals surface area contributed by atoms with Crippen LogP contribution in [0.2, 0.25) is 5.02 Å². The summed E-state index contributed by atoms with van der Waals surface area (Å²) in [5.41, 5.74) is 0. The number of rotatable bonds is 5. The molecule has 0 aliphatic heterocycles. The van der Waals surface area contributed by atoms with Crippen molar-refractivity contribution in [3.63, 3.8) is 0 Å². The minimum Gasteiger partial charge on any atom is -0.343 e. The van der Waals surface area contributed by atoms with E-state index in [4.69, 9.17) is 11.6 Å². The van der Waals surface area contributed by atoms with Crippen LogP contribution in [0.4, 0.5) is 0 Å². The summed E-state index contributed by atoms with van der Waals surface area (Å²) in [4.78, 5) is 15.2. The smallest absolute Gasteiger partial charge is 0.223 e. The van der Waals surface area contributed by atoms with Crippen molar-refractivity contribution in [1.29, 1.82) is 0 Å². The standard InChI is InChI=1S/C15H20ClNOS/c1-17(13-4-2-3-5-13)15(18)10-11-19-14-8-6-12(16)7-9-14/h6-9,13H,2-5,10-11H2,1H3. The lowest BCUT2D eigenvalue weighted by Crippen LogP contribution is -2.35. The zero-order valence-electron chi connectivity index (χ0n) is 11.3. The molecule has 19 heavy (non-hydrogen) atoms. The van der Waals surface area contributed by atoms with Crippen molar-refractivity contribution in [1.82, 2.24) is 4.90 Å². The second-order valence-electron chi connectivity index (χ2n) is 5.00. The van der Waals surface area contributed by atoms with Crippen LogP contribution in [0.1, 0.15) is 32.1 Å². The topological polar surface area (TPSA) is 20.3 Å². The molecule has 4 heteroatoms. The van der Waals surface area contributed by atoms with Crippen molar-refractivity contribution in [2.45, 2.75) is 43.0 Å². The number of thioether (sulfide) groups is 1. The highest BCUT2D eigenvalue weighted by molar-refractivity contribution is 7.99. The molecule has 1 aliphatic rings. The van der Waals surface area contributed by atoms with Gasteiger partial charge < -0.3 is 4.90 Å². The SMILES string of the molecule is CN(C(=O)CCSc1ccc(Cl)cc1)C1CCCC1. The predicted molar refractivity (Wildman–Crippen MR) is 81.8 cm³/mol. The van der Waals surface area contributed by atoms with Crippen LogP contribution in [0.5, 0.6) is 0 Å². The Kier molecular flexibility index (Phi) is 5.59. The Morgan fingerprint density at radius 2 is 1.95 bits per heavy atom. The van der Waals surface area contributed by atoms with Crippen LogP contribution in [0, 0.1) is 0 Å². The fourth-order valence-electron chi connectivity index (χ4n) is 2.46. The molecular formula is C15H20ClNOS. The van der Waals surface area contributed by atoms with Gasteiger partial charge in [-0.1, -0.05) is 24.4 Å². The molecule has 1 amide bonds. The van der Waals surface area contributed by atoms with Crippen molar-refractivity contribution < 1.29 is 4.79 Å². The van der Waals surface area contributed by atoms with E-state index in [0.717, 1.165) is 10.8 Å². The van der Waals surface area contributed by atoms with Gasteiger partial charge in [-0.2, -0.15) is 0 Å². The third-order valence-corrected chi connectivity index (χ3v) is 4.93. The van der Waals surface area contributed by atoms with E-state index >= 15 is 0 Å². The summed E-state index contributed by atoms with van der Waals surface area (Å²) in [5, 5.41) is 0.751. The summed E-state index contributed by atoms with van der Waals surface area (Å²) in [6, 6.07) is 8.25. The summed E-state index contributed by atoms with van der Waals surface area (Å²) >= 11 is 7.55. The first-order valence-corrected chi connectivity index (χ1v) is 8.17. The minimum absolute atomic E-state index is 0.272. The molecule has 0 aromatic heterocycles. The van der Waals surface area contributed by atoms with Gasteiger partial charge in [0.2, 0.25) is 5.91 Å². The Hall–Kier alpha value is -0.670. The maximum atomic E-state index is 12.1. The molecule has 0 heterocycles. The molecule has 0 atom stereocenters. The van der Waals surface area contributed by atoms with Crippen molar-refractivity contribution in [2.24, 2.45) is 0 Å². The first kappa shape index (κ1) is 14.7. The maximum absolute atomic E-state index is 12.1. The fourth-order valence-corrected chi connectivity index (χ4v) is 3.43. The number of benzene rings is 1. The van der Waals surface area contributed by atoms with E-state index in [1.165, 1.54) is 30.6 Å². The molecule has 2 rings (SSSR count). The molecule has 0 bridgehead atoms. The van der Waals surface area contributed by atoms with Crippen molar-refractivity contribution in [2.75, 3.05) is 12.8 Å². The zero-order valence-corrected chi connectivity index (χ0v) is 12.8. The van der Waals surface area contributed by atoms with Gasteiger partial charge in [0.05, 0.1) is 0 Å². The molecule has 0 spiro atoms. The lowest BCUT2D eigenvalue weighted by Gasteiger charge is -2.24. The third-order valence-electron chi connectivity index (χ3n) is 3.66. The molecule has 0 saturated heterocycles. The van der Waals surface area contributed by atoms with E-state index in [1.54, 1.807) is 11.8 Å². The summed E-state index contributed by atoms with van der Waals surface area (Å²) in [7, 11) is 1.95. The quantitative estimate of drug-likeness (QED) is 0.758. The second kappa shape index (κ2) is 7.20. The molecule has 2 nitrogen and oxygen atoms in total. The summed E-state index contributed by atoms with van der Waals surface area (Å²) < 4.78 is 0. The van der Waals surface area contributed by atoms with E-state index in [0.29, 0.717) is 12.5 Å². The summed E-state index contributed by atoms with van der Waals surface area (Å²) in [6.45, 7) is 0. The van der Waals surface area contributed by atoms with Crippen LogP contribution in [-0.4, -0.2) is 29.6 Å². The Morgan fingerprint density at radius 3 is 2.58 bits per heavy atom. The van der Waals surface area contributed by atoms with Crippen LogP contribution in [-0.2, 0) is 4.79 Å². The maximum Gasteiger partial charge on any atom is 0.223 e. The first-order valence-electron chi connectivity index (χ1n) is 6.81. The Balaban J connectivity index is 1.72. The normalized spacial score (nSPS) is 15.7. The molecule has 1 aliphatic carbocycles. The molecule has 0 N–H and O–H groups in total. The number of nitrogens with zero attached hydrogens (tertiary/aromatic N) is 1. The predicted octanol–water partition coefficient (Wildman–Crippen LogP) is 4.22. The van der Waals surface area contributed by atoms with Gasteiger partial charge in [-0.05, 0) is 37.1 Å². The first-order chi connectivity index (χ1) is 9.16. The van der Waals surface area contributed by atoms with Crippen LogP contribution in [0.15, 0.2) is 29.2 Å². The van der Waals surface area contributed by atoms with Gasteiger partial charge in [-0.15, -0.1) is 11.8 Å². The van der Waals surface area contributed by atoms with E-state index in [2.05, 4.69) is 0 Å². The molecule has 0 unspecified atom stereocenters. The highest BCUT2D eigenvalue weighted by Gasteiger charge is 2.22. The van der Waals surface area contributed by atoms with Gasteiger partial charge in [0, 0.05) is 35.2 Å². The molecule has 1 saturated carbocycles. The number of amides is 1. The van der Waals surface area contributed by atoms with Gasteiger partial charge in [-0.25, -0.2) is 0 Å². The Bertz CT molecular complexity index is 415. The van der Waals surface area contributed by atoms with Crippen molar-refractivity contribution >= 4 is 29.3 Å². The fraction of sp³-hybridized carbons (Fsp3) is 0.533. The summed E-state index contributed by atoms with van der Waals surface area (Å²) in [6.07, 6.45) is 5.49. The Labute approximate surface area is 124 Å². The molecule has 1 aromatic rings. The van der Waals surface area contributed by atoms with Gasteiger partial charge in [0.1, 0.15) is 0 Å². The lowest BCUT2D eigenvalue weighted by atomic mass is 10.2. The molecule has 1 aromatic carbocycles. The van der Waals surface area contributed by atoms with Crippen LogP contribution >= 0.6 is 23.4 Å². The number of hydrogen-bond donors (Lipinski definition) is 0. The molecule has 104 valence electrons. The van der Waals surface area contributed by atoms with Gasteiger partial charge >= 0.3 is 0 Å². The number of carbonyl (C=O) groups is 1. The van der Waals surface area contributed by atoms with Gasteiger partial charge in [-0.3, -0.25) is 4.79 Å². The van der Waals surface area contributed by atoms with Crippen LogP contribution < -0.4 is 0 Å². The number of carbonyl (C=O) groups excluding carboxylic acids is 1. The van der Waals surface area contributed by atoms with Gasteiger partial charge in [0.15, 0.2) is 0 Å². The Morgan fingerprint density at radius 1 is 1.32 bits per heavy atom. The number of halogens is 1. The van der Waals surface area contributed by atoms with Gasteiger partial charge in [0.25, 0.3) is 0 Å². The third kappa shape index (κ3) is 4.43. The van der Waals surface area contributed by atoms with Crippen molar-refractivity contribution in [3.05, 3.63) is 29.3 Å². The van der Waals surface area contributed by atoms with Crippen LogP contribution in [0.25, 0.3) is 0 Å². The largest absolute Gasteiger partial charge is 0.343 e. The minimum atomic E-state index is 0.272. The van der Waals surface area contributed by atoms with E-state index in [9.17, 15) is 4.79 Å². The monoisotopic (exact) mass is 297 g/mol.